The fraction of sp³-hybridized carbons (Fsp3) is 0. The number of nitro groups is 1. The van der Waals surface area contributed by atoms with Gasteiger partial charge in [-0.2, -0.15) is 0 Å². The van der Waals surface area contributed by atoms with Crippen molar-refractivity contribution in [3.63, 3.8) is 0 Å². The molecule has 5 heteroatoms. The number of nitrogens with zero attached hydrogens (tertiary/aromatic N) is 3. The van der Waals surface area contributed by atoms with Gasteiger partial charge in [-0.25, -0.2) is 4.98 Å². The minimum absolute atomic E-state index is 0.0428. The molecule has 2 heterocycles. The van der Waals surface area contributed by atoms with Crippen LogP contribution in [0.5, 0.6) is 0 Å². The van der Waals surface area contributed by atoms with Gasteiger partial charge in [-0.3, -0.25) is 14.5 Å². The summed E-state index contributed by atoms with van der Waals surface area (Å²) in [5.74, 6) is 0. The van der Waals surface area contributed by atoms with E-state index in [1.54, 1.807) is 6.07 Å². The molecule has 0 saturated carbocycles. The minimum atomic E-state index is -0.408. The number of imidazole rings is 1. The molecule has 0 aliphatic heterocycles. The molecule has 0 fully saturated rings. The highest BCUT2D eigenvalue weighted by Gasteiger charge is 2.15. The average Bonchev–Trinajstić information content (AvgIpc) is 2.67. The molecule has 5 nitrogen and oxygen atoms in total. The van der Waals surface area contributed by atoms with Crippen LogP contribution in [0.3, 0.4) is 0 Å². The second-order valence-electron chi connectivity index (χ2n) is 3.44. The van der Waals surface area contributed by atoms with Gasteiger partial charge in [0.15, 0.2) is 5.52 Å². The lowest BCUT2D eigenvalue weighted by Gasteiger charge is -1.93. The van der Waals surface area contributed by atoms with Crippen molar-refractivity contribution >= 4 is 22.4 Å². The number of para-hydroxylation sites is 1. The van der Waals surface area contributed by atoms with Gasteiger partial charge < -0.3 is 0 Å². The normalized spacial score (nSPS) is 11.0. The van der Waals surface area contributed by atoms with Crippen molar-refractivity contribution in [1.82, 2.24) is 9.38 Å². The Hall–Kier alpha value is -2.43. The van der Waals surface area contributed by atoms with Crippen LogP contribution in [0.2, 0.25) is 0 Å². The highest BCUT2D eigenvalue weighted by Crippen LogP contribution is 2.25. The minimum Gasteiger partial charge on any atom is -0.299 e. The highest BCUT2D eigenvalue weighted by atomic mass is 16.6. The van der Waals surface area contributed by atoms with Crippen molar-refractivity contribution in [1.29, 1.82) is 0 Å². The lowest BCUT2D eigenvalue weighted by atomic mass is 10.3. The standard InChI is InChI=1S/C11H7N3O2/c15-14(16)9-5-3-4-8-11(9)12-10-6-1-2-7-13(8)10/h1-7H. The Bertz CT molecular complexity index is 703. The Kier molecular flexibility index (Phi) is 1.67. The first kappa shape index (κ1) is 8.84. The van der Waals surface area contributed by atoms with E-state index >= 15 is 0 Å². The van der Waals surface area contributed by atoms with E-state index in [0.29, 0.717) is 11.2 Å². The zero-order chi connectivity index (χ0) is 11.1. The third kappa shape index (κ3) is 1.08. The van der Waals surface area contributed by atoms with Gasteiger partial charge in [0.1, 0.15) is 5.65 Å². The first-order valence-electron chi connectivity index (χ1n) is 4.77. The van der Waals surface area contributed by atoms with E-state index in [2.05, 4.69) is 4.98 Å². The molecule has 3 rings (SSSR count). The molecule has 0 saturated heterocycles. The quantitative estimate of drug-likeness (QED) is 0.460. The third-order valence-electron chi connectivity index (χ3n) is 2.51. The first-order chi connectivity index (χ1) is 7.77. The molecule has 1 aromatic carbocycles. The molecule has 0 aliphatic rings. The fourth-order valence-electron chi connectivity index (χ4n) is 1.82. The number of nitro benzene ring substituents is 1. The molecule has 3 aromatic rings. The fourth-order valence-corrected chi connectivity index (χ4v) is 1.82. The van der Waals surface area contributed by atoms with E-state index in [1.807, 2.05) is 34.9 Å². The molecule has 0 radical (unpaired) electrons. The Morgan fingerprint density at radius 2 is 2.06 bits per heavy atom. The maximum absolute atomic E-state index is 10.8. The molecular formula is C11H7N3O2. The molecule has 78 valence electrons. The maximum Gasteiger partial charge on any atom is 0.297 e. The van der Waals surface area contributed by atoms with Gasteiger partial charge >= 0.3 is 0 Å². The molecule has 0 bridgehead atoms. The van der Waals surface area contributed by atoms with Gasteiger partial charge in [0, 0.05) is 12.3 Å². The summed E-state index contributed by atoms with van der Waals surface area (Å²) in [5.41, 5.74) is 1.94. The number of hydrogen-bond acceptors (Lipinski definition) is 3. The average molecular weight is 213 g/mol. The number of rotatable bonds is 1. The topological polar surface area (TPSA) is 60.4 Å². The largest absolute Gasteiger partial charge is 0.299 e. The van der Waals surface area contributed by atoms with Crippen molar-refractivity contribution in [3.8, 4) is 0 Å². The van der Waals surface area contributed by atoms with E-state index in [1.165, 1.54) is 6.07 Å². The van der Waals surface area contributed by atoms with E-state index < -0.39 is 4.92 Å². The number of pyridine rings is 1. The van der Waals surface area contributed by atoms with Crippen LogP contribution >= 0.6 is 0 Å². The number of benzene rings is 1. The SMILES string of the molecule is O=[N+]([O-])c1cccc2c1nc1ccccn12. The highest BCUT2D eigenvalue weighted by molar-refractivity contribution is 5.88. The summed E-state index contributed by atoms with van der Waals surface area (Å²) in [4.78, 5) is 14.7. The molecule has 0 spiro atoms. The Morgan fingerprint density at radius 3 is 2.88 bits per heavy atom. The predicted molar refractivity (Wildman–Crippen MR) is 59.4 cm³/mol. The Balaban J connectivity index is 2.54. The van der Waals surface area contributed by atoms with Gasteiger partial charge in [-0.05, 0) is 18.2 Å². The summed E-state index contributed by atoms with van der Waals surface area (Å²) in [6.07, 6.45) is 1.84. The summed E-state index contributed by atoms with van der Waals surface area (Å²) in [6.45, 7) is 0. The summed E-state index contributed by atoms with van der Waals surface area (Å²) in [6, 6.07) is 10.5. The molecular weight excluding hydrogens is 206 g/mol. The Morgan fingerprint density at radius 1 is 1.19 bits per heavy atom. The van der Waals surface area contributed by atoms with E-state index in [4.69, 9.17) is 0 Å². The van der Waals surface area contributed by atoms with Crippen LogP contribution in [0.25, 0.3) is 16.7 Å². The van der Waals surface area contributed by atoms with Gasteiger partial charge in [-0.15, -0.1) is 0 Å². The monoisotopic (exact) mass is 213 g/mol. The number of aromatic nitrogens is 2. The summed E-state index contributed by atoms with van der Waals surface area (Å²) < 4.78 is 1.84. The molecule has 0 N–H and O–H groups in total. The maximum atomic E-state index is 10.8. The van der Waals surface area contributed by atoms with E-state index in [-0.39, 0.29) is 5.69 Å². The van der Waals surface area contributed by atoms with Gasteiger partial charge in [-0.1, -0.05) is 12.1 Å². The smallest absolute Gasteiger partial charge is 0.297 e. The summed E-state index contributed by atoms with van der Waals surface area (Å²) in [7, 11) is 0. The predicted octanol–water partition coefficient (Wildman–Crippen LogP) is 2.40. The van der Waals surface area contributed by atoms with Crippen molar-refractivity contribution in [2.45, 2.75) is 0 Å². The summed E-state index contributed by atoms with van der Waals surface area (Å²) in [5, 5.41) is 10.8. The second-order valence-corrected chi connectivity index (χ2v) is 3.44. The molecule has 0 atom stereocenters. The van der Waals surface area contributed by atoms with Crippen LogP contribution in [0.1, 0.15) is 0 Å². The lowest BCUT2D eigenvalue weighted by molar-refractivity contribution is -0.383. The van der Waals surface area contributed by atoms with Crippen molar-refractivity contribution < 1.29 is 4.92 Å². The van der Waals surface area contributed by atoms with Crippen LogP contribution in [-0.4, -0.2) is 14.3 Å². The zero-order valence-corrected chi connectivity index (χ0v) is 8.20. The second kappa shape index (κ2) is 3.03. The van der Waals surface area contributed by atoms with Crippen LogP contribution in [0, 0.1) is 10.1 Å². The van der Waals surface area contributed by atoms with Gasteiger partial charge in [0.05, 0.1) is 10.4 Å². The molecule has 0 amide bonds. The van der Waals surface area contributed by atoms with Crippen LogP contribution in [0.15, 0.2) is 42.6 Å². The van der Waals surface area contributed by atoms with Crippen molar-refractivity contribution in [2.75, 3.05) is 0 Å². The molecule has 0 aliphatic carbocycles. The molecule has 16 heavy (non-hydrogen) atoms. The first-order valence-corrected chi connectivity index (χ1v) is 4.77. The van der Waals surface area contributed by atoms with Crippen LogP contribution in [0.4, 0.5) is 5.69 Å². The number of fused-ring (bicyclic) bond motifs is 3. The summed E-state index contributed by atoms with van der Waals surface area (Å²) >= 11 is 0. The lowest BCUT2D eigenvalue weighted by Crippen LogP contribution is -1.88. The molecule has 0 unspecified atom stereocenters. The number of non-ortho nitro benzene ring substituents is 1. The van der Waals surface area contributed by atoms with Gasteiger partial charge in [0.25, 0.3) is 5.69 Å². The molecule has 2 aromatic heterocycles. The van der Waals surface area contributed by atoms with Crippen LogP contribution in [-0.2, 0) is 0 Å². The zero-order valence-electron chi connectivity index (χ0n) is 8.20. The van der Waals surface area contributed by atoms with Crippen molar-refractivity contribution in [3.05, 3.63) is 52.7 Å². The van der Waals surface area contributed by atoms with Crippen LogP contribution < -0.4 is 0 Å². The third-order valence-corrected chi connectivity index (χ3v) is 2.51. The van der Waals surface area contributed by atoms with Crippen molar-refractivity contribution in [2.24, 2.45) is 0 Å². The van der Waals surface area contributed by atoms with Gasteiger partial charge in [0.2, 0.25) is 0 Å². The van der Waals surface area contributed by atoms with E-state index in [9.17, 15) is 10.1 Å². The number of hydrogen-bond donors (Lipinski definition) is 0. The Labute approximate surface area is 90.1 Å². The van der Waals surface area contributed by atoms with E-state index in [0.717, 1.165) is 5.52 Å².